The van der Waals surface area contributed by atoms with E-state index >= 15 is 0 Å². The molecule has 0 aromatic carbocycles. The Kier molecular flexibility index (Phi) is 4.02. The molecule has 5 nitrogen and oxygen atoms in total. The van der Waals surface area contributed by atoms with Gasteiger partial charge in [0.1, 0.15) is 5.02 Å². The molecule has 94 valence electrons. The first kappa shape index (κ1) is 12.4. The third-order valence-electron chi connectivity index (χ3n) is 3.19. The molecule has 3 N–H and O–H groups in total. The van der Waals surface area contributed by atoms with Gasteiger partial charge in [-0.25, -0.2) is 5.10 Å². The summed E-state index contributed by atoms with van der Waals surface area (Å²) >= 11 is 5.85. The first-order chi connectivity index (χ1) is 8.16. The van der Waals surface area contributed by atoms with Crippen LogP contribution in [0.1, 0.15) is 25.7 Å². The number of halogens is 1. The summed E-state index contributed by atoms with van der Waals surface area (Å²) in [6.07, 6.45) is 5.09. The third kappa shape index (κ3) is 3.20. The summed E-state index contributed by atoms with van der Waals surface area (Å²) in [7, 11) is 0. The van der Waals surface area contributed by atoms with Crippen molar-refractivity contribution in [3.8, 4) is 0 Å². The molecular weight excluding hydrogens is 242 g/mol. The van der Waals surface area contributed by atoms with Gasteiger partial charge < -0.3 is 10.4 Å². The van der Waals surface area contributed by atoms with Crippen LogP contribution in [0.15, 0.2) is 11.0 Å². The minimum absolute atomic E-state index is 0.143. The van der Waals surface area contributed by atoms with Crippen molar-refractivity contribution >= 4 is 17.3 Å². The third-order valence-corrected chi connectivity index (χ3v) is 3.57. The second kappa shape index (κ2) is 5.51. The summed E-state index contributed by atoms with van der Waals surface area (Å²) in [5.41, 5.74) is 0.192. The lowest BCUT2D eigenvalue weighted by atomic mass is 9.87. The smallest absolute Gasteiger partial charge is 0.285 e. The van der Waals surface area contributed by atoms with Crippen molar-refractivity contribution in [2.45, 2.75) is 31.8 Å². The summed E-state index contributed by atoms with van der Waals surface area (Å²) < 4.78 is 0. The molecule has 0 amide bonds. The number of anilines is 1. The van der Waals surface area contributed by atoms with Gasteiger partial charge in [0.25, 0.3) is 5.56 Å². The van der Waals surface area contributed by atoms with Crippen LogP contribution in [0, 0.1) is 5.92 Å². The Morgan fingerprint density at radius 1 is 1.47 bits per heavy atom. The molecule has 1 aliphatic carbocycles. The second-order valence-electron chi connectivity index (χ2n) is 4.48. The van der Waals surface area contributed by atoms with E-state index in [2.05, 4.69) is 15.5 Å². The van der Waals surface area contributed by atoms with Gasteiger partial charge in [-0.2, -0.15) is 5.10 Å². The van der Waals surface area contributed by atoms with Gasteiger partial charge in [0.15, 0.2) is 0 Å². The van der Waals surface area contributed by atoms with Gasteiger partial charge in [0.2, 0.25) is 0 Å². The Morgan fingerprint density at radius 3 is 2.88 bits per heavy atom. The monoisotopic (exact) mass is 257 g/mol. The van der Waals surface area contributed by atoms with Crippen molar-refractivity contribution in [1.82, 2.24) is 10.2 Å². The first-order valence-corrected chi connectivity index (χ1v) is 6.19. The van der Waals surface area contributed by atoms with Crippen molar-refractivity contribution in [2.24, 2.45) is 5.92 Å². The van der Waals surface area contributed by atoms with Crippen LogP contribution in [0.5, 0.6) is 0 Å². The van der Waals surface area contributed by atoms with Crippen LogP contribution < -0.4 is 10.9 Å². The normalized spacial score (nSPS) is 24.6. The molecule has 1 saturated carbocycles. The SMILES string of the molecule is O=c1[nH]ncc(NCC2CCC(O)CC2)c1Cl. The number of aromatic nitrogens is 2. The number of nitrogens with zero attached hydrogens (tertiary/aromatic N) is 1. The van der Waals surface area contributed by atoms with E-state index in [1.54, 1.807) is 0 Å². The molecule has 0 saturated heterocycles. The van der Waals surface area contributed by atoms with Crippen LogP contribution in [0.4, 0.5) is 5.69 Å². The Morgan fingerprint density at radius 2 is 2.18 bits per heavy atom. The van der Waals surface area contributed by atoms with Gasteiger partial charge in [-0.3, -0.25) is 4.79 Å². The van der Waals surface area contributed by atoms with Crippen LogP contribution >= 0.6 is 11.6 Å². The second-order valence-corrected chi connectivity index (χ2v) is 4.86. The Balaban J connectivity index is 1.90. The van der Waals surface area contributed by atoms with Crippen molar-refractivity contribution < 1.29 is 5.11 Å². The van der Waals surface area contributed by atoms with E-state index in [-0.39, 0.29) is 16.7 Å². The van der Waals surface area contributed by atoms with E-state index in [4.69, 9.17) is 11.6 Å². The zero-order valence-electron chi connectivity index (χ0n) is 9.45. The fourth-order valence-electron chi connectivity index (χ4n) is 2.11. The van der Waals surface area contributed by atoms with E-state index in [1.807, 2.05) is 0 Å². The number of rotatable bonds is 3. The molecule has 17 heavy (non-hydrogen) atoms. The summed E-state index contributed by atoms with van der Waals surface area (Å²) in [5, 5.41) is 18.7. The number of aliphatic hydroxyl groups excluding tert-OH is 1. The van der Waals surface area contributed by atoms with E-state index in [0.29, 0.717) is 11.6 Å². The zero-order valence-corrected chi connectivity index (χ0v) is 10.2. The van der Waals surface area contributed by atoms with Gasteiger partial charge >= 0.3 is 0 Å². The van der Waals surface area contributed by atoms with Crippen molar-refractivity contribution in [2.75, 3.05) is 11.9 Å². The predicted molar refractivity (Wildman–Crippen MR) is 66.3 cm³/mol. The van der Waals surface area contributed by atoms with E-state index < -0.39 is 0 Å². The number of aromatic amines is 1. The molecule has 0 atom stereocenters. The average Bonchev–Trinajstić information content (AvgIpc) is 2.33. The quantitative estimate of drug-likeness (QED) is 0.765. The minimum Gasteiger partial charge on any atom is -0.393 e. The summed E-state index contributed by atoms with van der Waals surface area (Å²) in [6, 6.07) is 0. The molecule has 1 aliphatic rings. The van der Waals surface area contributed by atoms with Crippen LogP contribution in [-0.4, -0.2) is 28.0 Å². The van der Waals surface area contributed by atoms with Crippen LogP contribution in [0.2, 0.25) is 5.02 Å². The van der Waals surface area contributed by atoms with Gasteiger partial charge in [-0.15, -0.1) is 0 Å². The van der Waals surface area contributed by atoms with Gasteiger partial charge in [-0.05, 0) is 31.6 Å². The number of hydrogen-bond acceptors (Lipinski definition) is 4. The fraction of sp³-hybridized carbons (Fsp3) is 0.636. The molecule has 2 rings (SSSR count). The number of hydrogen-bond donors (Lipinski definition) is 3. The van der Waals surface area contributed by atoms with E-state index in [0.717, 1.165) is 32.2 Å². The highest BCUT2D eigenvalue weighted by Crippen LogP contribution is 2.25. The van der Waals surface area contributed by atoms with Gasteiger partial charge in [-0.1, -0.05) is 11.6 Å². The maximum atomic E-state index is 11.2. The first-order valence-electron chi connectivity index (χ1n) is 5.82. The molecule has 0 radical (unpaired) electrons. The summed E-state index contributed by atoms with van der Waals surface area (Å²) in [5.74, 6) is 0.522. The highest BCUT2D eigenvalue weighted by Gasteiger charge is 2.19. The molecule has 0 bridgehead atoms. The molecule has 1 fully saturated rings. The minimum atomic E-state index is -0.379. The zero-order chi connectivity index (χ0) is 12.3. The van der Waals surface area contributed by atoms with Gasteiger partial charge in [0.05, 0.1) is 18.0 Å². The molecule has 0 aliphatic heterocycles. The lowest BCUT2D eigenvalue weighted by molar-refractivity contribution is 0.111. The molecular formula is C11H16ClN3O2. The number of H-pyrrole nitrogens is 1. The van der Waals surface area contributed by atoms with Crippen molar-refractivity contribution in [3.05, 3.63) is 21.6 Å². The maximum absolute atomic E-state index is 11.2. The highest BCUT2D eigenvalue weighted by atomic mass is 35.5. The largest absolute Gasteiger partial charge is 0.393 e. The van der Waals surface area contributed by atoms with E-state index in [1.165, 1.54) is 6.20 Å². The Bertz CT molecular complexity index is 427. The molecule has 1 aromatic rings. The topological polar surface area (TPSA) is 78.0 Å². The van der Waals surface area contributed by atoms with Crippen LogP contribution in [-0.2, 0) is 0 Å². The summed E-state index contributed by atoms with van der Waals surface area (Å²) in [4.78, 5) is 11.2. The molecule has 0 spiro atoms. The lowest BCUT2D eigenvalue weighted by Gasteiger charge is -2.25. The molecule has 6 heteroatoms. The number of nitrogens with one attached hydrogen (secondary N) is 2. The predicted octanol–water partition coefficient (Wildman–Crippen LogP) is 1.39. The molecule has 1 aromatic heterocycles. The summed E-state index contributed by atoms with van der Waals surface area (Å²) in [6.45, 7) is 0.761. The molecule has 1 heterocycles. The Labute approximate surface area is 104 Å². The van der Waals surface area contributed by atoms with E-state index in [9.17, 15) is 9.90 Å². The average molecular weight is 258 g/mol. The highest BCUT2D eigenvalue weighted by molar-refractivity contribution is 6.32. The van der Waals surface area contributed by atoms with Gasteiger partial charge in [0, 0.05) is 6.54 Å². The van der Waals surface area contributed by atoms with Crippen molar-refractivity contribution in [1.29, 1.82) is 0 Å². The van der Waals surface area contributed by atoms with Crippen LogP contribution in [0.3, 0.4) is 0 Å². The number of aliphatic hydroxyl groups is 1. The fourth-order valence-corrected chi connectivity index (χ4v) is 2.27. The molecule has 0 unspecified atom stereocenters. The maximum Gasteiger partial charge on any atom is 0.285 e. The Hall–Kier alpha value is -1.07. The van der Waals surface area contributed by atoms with Crippen molar-refractivity contribution in [3.63, 3.8) is 0 Å². The standard InChI is InChI=1S/C11H16ClN3O2/c12-10-9(6-14-15-11(10)17)13-5-7-1-3-8(16)4-2-7/h6-8,16H,1-5H2,(H2,13,15,17). The lowest BCUT2D eigenvalue weighted by Crippen LogP contribution is -2.24. The van der Waals surface area contributed by atoms with Crippen LogP contribution in [0.25, 0.3) is 0 Å².